The van der Waals surface area contributed by atoms with Crippen molar-refractivity contribution in [2.24, 2.45) is 0 Å². The smallest absolute Gasteiger partial charge is 0.157 e. The van der Waals surface area contributed by atoms with Crippen LogP contribution < -0.4 is 5.32 Å². The van der Waals surface area contributed by atoms with Gasteiger partial charge < -0.3 is 5.32 Å². The third-order valence-corrected chi connectivity index (χ3v) is 5.78. The molecule has 0 bridgehead atoms. The van der Waals surface area contributed by atoms with Crippen LogP contribution in [0.5, 0.6) is 0 Å². The number of hydrogen-bond acceptors (Lipinski definition) is 4. The lowest BCUT2D eigenvalue weighted by Gasteiger charge is -2.36. The Morgan fingerprint density at radius 1 is 1.53 bits per heavy atom. The van der Waals surface area contributed by atoms with Gasteiger partial charge in [-0.25, -0.2) is 13.4 Å². The van der Waals surface area contributed by atoms with E-state index in [0.29, 0.717) is 36.1 Å². The zero-order chi connectivity index (χ0) is 13.4. The molecule has 0 aliphatic carbocycles. The fraction of sp³-hybridized carbons (Fsp3) is 0.545. The number of sulfone groups is 1. The van der Waals surface area contributed by atoms with Crippen LogP contribution in [0.1, 0.15) is 19.8 Å². The molecular weight excluding hydrogens is 304 g/mol. The minimum Gasteiger partial charge on any atom is -0.317 e. The van der Waals surface area contributed by atoms with Crippen LogP contribution in [0, 0.1) is 0 Å². The lowest BCUT2D eigenvalue weighted by atomic mass is 9.90. The van der Waals surface area contributed by atoms with Gasteiger partial charge in [0.1, 0.15) is 4.60 Å². The van der Waals surface area contributed by atoms with Crippen molar-refractivity contribution in [1.82, 2.24) is 10.3 Å². The van der Waals surface area contributed by atoms with E-state index in [1.165, 1.54) is 6.26 Å². The van der Waals surface area contributed by atoms with E-state index in [1.54, 1.807) is 12.1 Å². The summed E-state index contributed by atoms with van der Waals surface area (Å²) in [7, 11) is -3.25. The lowest BCUT2D eigenvalue weighted by molar-refractivity contribution is 0.396. The number of pyridine rings is 1. The molecular formula is C11H15BrN2O2S. The van der Waals surface area contributed by atoms with Gasteiger partial charge >= 0.3 is 0 Å². The summed E-state index contributed by atoms with van der Waals surface area (Å²) >= 11 is 3.23. The first-order valence-corrected chi connectivity index (χ1v) is 8.09. The minimum absolute atomic E-state index is 0.0842. The molecule has 2 heterocycles. The molecule has 0 radical (unpaired) electrons. The van der Waals surface area contributed by atoms with Gasteiger partial charge in [-0.05, 0) is 59.6 Å². The van der Waals surface area contributed by atoms with Crippen LogP contribution in [-0.4, -0.2) is 32.7 Å². The molecule has 0 spiro atoms. The fourth-order valence-corrected chi connectivity index (χ4v) is 4.17. The predicted molar refractivity (Wildman–Crippen MR) is 70.6 cm³/mol. The number of aromatic nitrogens is 1. The number of nitrogens with zero attached hydrogens (tertiary/aromatic N) is 1. The molecule has 1 N–H and O–H groups in total. The number of hydrogen-bond donors (Lipinski definition) is 1. The molecule has 0 atom stereocenters. The van der Waals surface area contributed by atoms with Gasteiger partial charge in [0.25, 0.3) is 0 Å². The zero-order valence-electron chi connectivity index (χ0n) is 10.5. The molecule has 1 fully saturated rings. The number of nitrogens with one attached hydrogen (secondary N) is 1. The molecule has 1 saturated heterocycles. The average Bonchev–Trinajstić information content (AvgIpc) is 2.27. The highest BCUT2D eigenvalue weighted by Crippen LogP contribution is 2.38. The Bertz CT molecular complexity index is 536. The van der Waals surface area contributed by atoms with E-state index in [2.05, 4.69) is 26.2 Å². The van der Waals surface area contributed by atoms with E-state index < -0.39 is 14.6 Å². The Morgan fingerprint density at radius 2 is 2.18 bits per heavy atom. The Morgan fingerprint density at radius 3 is 2.71 bits per heavy atom. The molecule has 6 heteroatoms. The van der Waals surface area contributed by atoms with Crippen LogP contribution in [0.3, 0.4) is 0 Å². The highest BCUT2D eigenvalue weighted by atomic mass is 79.9. The summed E-state index contributed by atoms with van der Waals surface area (Å²) in [6.07, 6.45) is 2.42. The molecule has 0 saturated carbocycles. The molecule has 1 aromatic heterocycles. The minimum atomic E-state index is -3.25. The monoisotopic (exact) mass is 319 g/mol. The first-order valence-electron chi connectivity index (χ1n) is 5.90. The van der Waals surface area contributed by atoms with Crippen LogP contribution in [0.4, 0.5) is 0 Å². The molecule has 1 aliphatic rings. The third kappa shape index (κ3) is 2.39. The lowest BCUT2D eigenvalue weighted by Crippen LogP contribution is -2.45. The van der Waals surface area contributed by atoms with Crippen molar-refractivity contribution in [2.75, 3.05) is 19.3 Å². The number of piperidine rings is 1. The van der Waals surface area contributed by atoms with Gasteiger partial charge in [-0.2, -0.15) is 0 Å². The quantitative estimate of drug-likeness (QED) is 0.839. The molecule has 1 aromatic rings. The van der Waals surface area contributed by atoms with Crippen LogP contribution >= 0.6 is 15.9 Å². The largest absolute Gasteiger partial charge is 0.317 e. The zero-order valence-corrected chi connectivity index (χ0v) is 11.9. The van der Waals surface area contributed by atoms with Crippen molar-refractivity contribution < 1.29 is 9.79 Å². The summed E-state index contributed by atoms with van der Waals surface area (Å²) in [5.41, 5.74) is 0.665. The van der Waals surface area contributed by atoms with Crippen molar-refractivity contribution in [3.05, 3.63) is 28.5 Å². The fourth-order valence-electron chi connectivity index (χ4n) is 2.33. The molecule has 0 aromatic carbocycles. The topological polar surface area (TPSA) is 59.1 Å². The summed E-state index contributed by atoms with van der Waals surface area (Å²) < 4.78 is 31.7. The van der Waals surface area contributed by atoms with Crippen molar-refractivity contribution in [3.63, 3.8) is 0 Å². The van der Waals surface area contributed by atoms with Gasteiger partial charge in [0.15, 0.2) is 9.84 Å². The molecule has 0 unspecified atom stereocenters. The van der Waals surface area contributed by atoms with Crippen molar-refractivity contribution in [2.45, 2.75) is 17.6 Å². The molecule has 1 aliphatic heterocycles. The highest BCUT2D eigenvalue weighted by molar-refractivity contribution is 9.10. The second-order valence-corrected chi connectivity index (χ2v) is 7.46. The average molecular weight is 320 g/mol. The molecule has 2 rings (SSSR count). The third-order valence-electron chi connectivity index (χ3n) is 3.31. The van der Waals surface area contributed by atoms with Gasteiger partial charge in [0, 0.05) is 12.4 Å². The standard InChI is InChI=1S/C11H15BrN2O2S/c1-17(15,16)11(3-6-13-7-4-11)9-2-5-14-10(12)8-9/h2,5,8,13H,3-4,6-7H2,1H3/i5D. The van der Waals surface area contributed by atoms with Gasteiger partial charge in [0.05, 0.1) is 6.12 Å². The van der Waals surface area contributed by atoms with E-state index in [1.807, 2.05) is 0 Å². The molecule has 94 valence electrons. The van der Waals surface area contributed by atoms with E-state index in [4.69, 9.17) is 1.37 Å². The molecule has 4 nitrogen and oxygen atoms in total. The van der Waals surface area contributed by atoms with Crippen LogP contribution in [0.15, 0.2) is 22.9 Å². The van der Waals surface area contributed by atoms with Crippen LogP contribution in [0.2, 0.25) is 0 Å². The van der Waals surface area contributed by atoms with E-state index in [-0.39, 0.29) is 6.17 Å². The molecule has 17 heavy (non-hydrogen) atoms. The SMILES string of the molecule is [2H]c1cc(C2(S(C)(=O)=O)CCNCC2)cc(Br)n1. The summed E-state index contributed by atoms with van der Waals surface area (Å²) in [6, 6.07) is 3.27. The summed E-state index contributed by atoms with van der Waals surface area (Å²) in [5, 5.41) is 3.17. The normalized spacial score (nSPS) is 20.9. The number of halogens is 1. The summed E-state index contributed by atoms with van der Waals surface area (Å²) in [6.45, 7) is 1.33. The maximum Gasteiger partial charge on any atom is 0.157 e. The van der Waals surface area contributed by atoms with Gasteiger partial charge in [-0.1, -0.05) is 0 Å². The maximum absolute atomic E-state index is 12.2. The Hall–Kier alpha value is -0.460. The van der Waals surface area contributed by atoms with Crippen molar-refractivity contribution in [1.29, 1.82) is 0 Å². The Balaban J connectivity index is 2.60. The summed E-state index contributed by atoms with van der Waals surface area (Å²) in [4.78, 5) is 3.92. The first-order chi connectivity index (χ1) is 8.35. The predicted octanol–water partition coefficient (Wildman–Crippen LogP) is 1.47. The second kappa shape index (κ2) is 4.66. The van der Waals surface area contributed by atoms with Crippen LogP contribution in [-0.2, 0) is 14.6 Å². The molecule has 0 amide bonds. The van der Waals surface area contributed by atoms with Gasteiger partial charge in [-0.15, -0.1) is 0 Å². The summed E-state index contributed by atoms with van der Waals surface area (Å²) in [5.74, 6) is 0. The van der Waals surface area contributed by atoms with E-state index in [9.17, 15) is 8.42 Å². The number of rotatable bonds is 2. The van der Waals surface area contributed by atoms with Gasteiger partial charge in [0.2, 0.25) is 0 Å². The Kier molecular flexibility index (Phi) is 3.19. The van der Waals surface area contributed by atoms with Gasteiger partial charge in [-0.3, -0.25) is 0 Å². The Labute approximate surface area is 111 Å². The highest BCUT2D eigenvalue weighted by Gasteiger charge is 2.43. The first kappa shape index (κ1) is 11.6. The van der Waals surface area contributed by atoms with Crippen molar-refractivity contribution in [3.8, 4) is 0 Å². The van der Waals surface area contributed by atoms with Crippen LogP contribution in [0.25, 0.3) is 0 Å². The second-order valence-electron chi connectivity index (χ2n) is 4.32. The van der Waals surface area contributed by atoms with Crippen molar-refractivity contribution >= 4 is 25.8 Å². The maximum atomic E-state index is 12.2. The van der Waals surface area contributed by atoms with E-state index >= 15 is 0 Å². The van der Waals surface area contributed by atoms with E-state index in [0.717, 1.165) is 0 Å².